The van der Waals surface area contributed by atoms with E-state index >= 15 is 0 Å². The van der Waals surface area contributed by atoms with Crippen LogP contribution in [0.5, 0.6) is 0 Å². The number of fused-ring (bicyclic) bond motifs is 1. The number of anilines is 1. The predicted octanol–water partition coefficient (Wildman–Crippen LogP) is 5.62. The van der Waals surface area contributed by atoms with Crippen molar-refractivity contribution in [3.8, 4) is 0 Å². The normalized spacial score (nSPS) is 15.5. The van der Waals surface area contributed by atoms with Crippen LogP contribution in [0.25, 0.3) is 11.0 Å². The SMILES string of the molecule is Cc1cc2ncn(CC3CCN(C(=O)Nc4ccc(C(F)(F)F)cc4)CC3)c2cc1C. The number of benzene rings is 2. The van der Waals surface area contributed by atoms with Gasteiger partial charge in [-0.1, -0.05) is 0 Å². The van der Waals surface area contributed by atoms with Crippen molar-refractivity contribution >= 4 is 22.8 Å². The molecule has 0 radical (unpaired) electrons. The molecule has 1 saturated heterocycles. The average Bonchev–Trinajstić information content (AvgIpc) is 3.10. The Morgan fingerprint density at radius 3 is 2.39 bits per heavy atom. The molecule has 0 aliphatic carbocycles. The molecule has 164 valence electrons. The van der Waals surface area contributed by atoms with Gasteiger partial charge in [0.2, 0.25) is 0 Å². The number of imidazole rings is 1. The second kappa shape index (κ2) is 8.24. The maximum Gasteiger partial charge on any atom is 0.416 e. The summed E-state index contributed by atoms with van der Waals surface area (Å²) < 4.78 is 40.2. The summed E-state index contributed by atoms with van der Waals surface area (Å²) in [6.45, 7) is 6.26. The summed E-state index contributed by atoms with van der Waals surface area (Å²) in [6.07, 6.45) is -0.772. The van der Waals surface area contributed by atoms with Gasteiger partial charge in [0.05, 0.1) is 22.9 Å². The number of nitrogens with zero attached hydrogens (tertiary/aromatic N) is 3. The highest BCUT2D eigenvalue weighted by Crippen LogP contribution is 2.30. The predicted molar refractivity (Wildman–Crippen MR) is 114 cm³/mol. The third kappa shape index (κ3) is 4.68. The fourth-order valence-corrected chi connectivity index (χ4v) is 4.00. The van der Waals surface area contributed by atoms with Gasteiger partial charge >= 0.3 is 12.2 Å². The number of halogens is 3. The minimum absolute atomic E-state index is 0.280. The number of nitrogens with one attached hydrogen (secondary N) is 1. The average molecular weight is 430 g/mol. The Labute approximate surface area is 178 Å². The molecule has 0 atom stereocenters. The molecule has 1 aliphatic heterocycles. The van der Waals surface area contributed by atoms with E-state index in [1.54, 1.807) is 4.90 Å². The monoisotopic (exact) mass is 430 g/mol. The van der Waals surface area contributed by atoms with Crippen molar-refractivity contribution in [2.45, 2.75) is 39.4 Å². The Morgan fingerprint density at radius 1 is 1.10 bits per heavy atom. The number of aromatic nitrogens is 2. The quantitative estimate of drug-likeness (QED) is 0.587. The summed E-state index contributed by atoms with van der Waals surface area (Å²) in [7, 11) is 0. The summed E-state index contributed by atoms with van der Waals surface area (Å²) >= 11 is 0. The molecule has 2 heterocycles. The lowest BCUT2D eigenvalue weighted by molar-refractivity contribution is -0.137. The lowest BCUT2D eigenvalue weighted by Crippen LogP contribution is -2.41. The smallest absolute Gasteiger partial charge is 0.330 e. The minimum Gasteiger partial charge on any atom is -0.330 e. The van der Waals surface area contributed by atoms with Crippen molar-refractivity contribution in [1.82, 2.24) is 14.5 Å². The van der Waals surface area contributed by atoms with Crippen molar-refractivity contribution in [1.29, 1.82) is 0 Å². The standard InChI is InChI=1S/C23H25F3N4O/c1-15-11-20-21(12-16(15)2)30(14-27-20)13-17-7-9-29(10-8-17)22(31)28-19-5-3-18(4-6-19)23(24,25)26/h3-6,11-12,14,17H,7-10,13H2,1-2H3,(H,28,31). The molecule has 0 bridgehead atoms. The van der Waals surface area contributed by atoms with Crippen molar-refractivity contribution in [2.24, 2.45) is 5.92 Å². The van der Waals surface area contributed by atoms with Gasteiger partial charge < -0.3 is 14.8 Å². The number of alkyl halides is 3. The fourth-order valence-electron chi connectivity index (χ4n) is 4.00. The zero-order valence-electron chi connectivity index (χ0n) is 17.5. The van der Waals surface area contributed by atoms with Crippen LogP contribution in [0.3, 0.4) is 0 Å². The van der Waals surface area contributed by atoms with Crippen LogP contribution in [0.1, 0.15) is 29.5 Å². The Hall–Kier alpha value is -3.03. The molecule has 5 nitrogen and oxygen atoms in total. The first-order chi connectivity index (χ1) is 14.7. The van der Waals surface area contributed by atoms with Crippen LogP contribution in [-0.4, -0.2) is 33.6 Å². The molecule has 1 fully saturated rings. The van der Waals surface area contributed by atoms with E-state index in [0.29, 0.717) is 24.7 Å². The lowest BCUT2D eigenvalue weighted by Gasteiger charge is -2.32. The van der Waals surface area contributed by atoms with Crippen molar-refractivity contribution in [3.05, 3.63) is 59.4 Å². The third-order valence-electron chi connectivity index (χ3n) is 6.06. The van der Waals surface area contributed by atoms with E-state index < -0.39 is 11.7 Å². The molecule has 8 heteroatoms. The van der Waals surface area contributed by atoms with Gasteiger partial charge in [-0.3, -0.25) is 0 Å². The van der Waals surface area contributed by atoms with E-state index in [-0.39, 0.29) is 6.03 Å². The Kier molecular flexibility index (Phi) is 5.64. The minimum atomic E-state index is -4.39. The van der Waals surface area contributed by atoms with E-state index in [4.69, 9.17) is 0 Å². The number of urea groups is 1. The molecule has 4 rings (SSSR count). The summed E-state index contributed by atoms with van der Waals surface area (Å²) in [6, 6.07) is 8.50. The first-order valence-corrected chi connectivity index (χ1v) is 10.4. The molecule has 3 aromatic rings. The van der Waals surface area contributed by atoms with Crippen molar-refractivity contribution < 1.29 is 18.0 Å². The number of likely N-dealkylation sites (tertiary alicyclic amines) is 1. The van der Waals surface area contributed by atoms with E-state index in [0.717, 1.165) is 42.6 Å². The maximum atomic E-state index is 12.7. The highest BCUT2D eigenvalue weighted by atomic mass is 19.4. The van der Waals surface area contributed by atoms with Crippen molar-refractivity contribution in [3.63, 3.8) is 0 Å². The molecule has 0 spiro atoms. The van der Waals surface area contributed by atoms with Crippen LogP contribution in [0, 0.1) is 19.8 Å². The molecule has 2 aromatic carbocycles. The lowest BCUT2D eigenvalue weighted by atomic mass is 9.97. The number of carbonyl (C=O) groups is 1. The van der Waals surface area contributed by atoms with Gasteiger partial charge in [-0.25, -0.2) is 9.78 Å². The van der Waals surface area contributed by atoms with Crippen LogP contribution in [-0.2, 0) is 12.7 Å². The zero-order chi connectivity index (χ0) is 22.2. The number of rotatable bonds is 3. The summed E-state index contributed by atoms with van der Waals surface area (Å²) in [5.41, 5.74) is 4.22. The number of hydrogen-bond donors (Lipinski definition) is 1. The molecule has 1 aromatic heterocycles. The summed E-state index contributed by atoms with van der Waals surface area (Å²) in [5, 5.41) is 2.69. The number of piperidine rings is 1. The van der Waals surface area contributed by atoms with Gasteiger partial charge in [-0.15, -0.1) is 0 Å². The summed E-state index contributed by atoms with van der Waals surface area (Å²) in [5.74, 6) is 0.439. The van der Waals surface area contributed by atoms with Crippen LogP contribution in [0.4, 0.5) is 23.7 Å². The topological polar surface area (TPSA) is 50.2 Å². The number of aryl methyl sites for hydroxylation is 2. The molecule has 1 N–H and O–H groups in total. The molecule has 31 heavy (non-hydrogen) atoms. The first kappa shape index (κ1) is 21.2. The van der Waals surface area contributed by atoms with Crippen LogP contribution >= 0.6 is 0 Å². The molecule has 0 unspecified atom stereocenters. The Bertz CT molecular complexity index is 1080. The van der Waals surface area contributed by atoms with Gasteiger partial charge in [0.1, 0.15) is 0 Å². The first-order valence-electron chi connectivity index (χ1n) is 10.4. The zero-order valence-corrected chi connectivity index (χ0v) is 17.5. The number of hydrogen-bond acceptors (Lipinski definition) is 2. The van der Waals surface area contributed by atoms with Gasteiger partial charge in [0, 0.05) is 25.3 Å². The van der Waals surface area contributed by atoms with Crippen LogP contribution in [0.15, 0.2) is 42.7 Å². The number of carbonyl (C=O) groups excluding carboxylic acids is 1. The third-order valence-corrected chi connectivity index (χ3v) is 6.06. The van der Waals surface area contributed by atoms with E-state index in [1.807, 2.05) is 6.33 Å². The van der Waals surface area contributed by atoms with E-state index in [1.165, 1.54) is 23.3 Å². The second-order valence-electron chi connectivity index (χ2n) is 8.26. The largest absolute Gasteiger partial charge is 0.416 e. The highest BCUT2D eigenvalue weighted by Gasteiger charge is 2.30. The highest BCUT2D eigenvalue weighted by molar-refractivity contribution is 5.89. The van der Waals surface area contributed by atoms with Gasteiger partial charge in [-0.05, 0) is 80.1 Å². The van der Waals surface area contributed by atoms with E-state index in [9.17, 15) is 18.0 Å². The fraction of sp³-hybridized carbons (Fsp3) is 0.391. The van der Waals surface area contributed by atoms with Crippen LogP contribution < -0.4 is 5.32 Å². The molecule has 2 amide bonds. The Balaban J connectivity index is 1.32. The molecule has 1 aliphatic rings. The van der Waals surface area contributed by atoms with Crippen molar-refractivity contribution in [2.75, 3.05) is 18.4 Å². The molecule has 0 saturated carbocycles. The maximum absolute atomic E-state index is 12.7. The van der Waals surface area contributed by atoms with Gasteiger partial charge in [0.15, 0.2) is 0 Å². The van der Waals surface area contributed by atoms with Crippen LogP contribution in [0.2, 0.25) is 0 Å². The second-order valence-corrected chi connectivity index (χ2v) is 8.26. The van der Waals surface area contributed by atoms with Gasteiger partial charge in [0.25, 0.3) is 0 Å². The molecular formula is C23H25F3N4O. The number of amides is 2. The summed E-state index contributed by atoms with van der Waals surface area (Å²) in [4.78, 5) is 18.7. The molecular weight excluding hydrogens is 405 g/mol. The Morgan fingerprint density at radius 2 is 1.74 bits per heavy atom. The van der Waals surface area contributed by atoms with E-state index in [2.05, 4.69) is 40.8 Å². The van der Waals surface area contributed by atoms with Gasteiger partial charge in [-0.2, -0.15) is 13.2 Å².